The number of halogens is 1. The second-order valence-corrected chi connectivity index (χ2v) is 6.17. The lowest BCUT2D eigenvalue weighted by molar-refractivity contribution is 0.920. The Morgan fingerprint density at radius 3 is 3.00 bits per heavy atom. The van der Waals surface area contributed by atoms with Crippen molar-refractivity contribution in [1.82, 2.24) is 4.98 Å². The molecule has 3 nitrogen and oxygen atoms in total. The quantitative estimate of drug-likeness (QED) is 0.864. The molecule has 3 rings (SSSR count). The first-order valence-electron chi connectivity index (χ1n) is 7.43. The molecule has 2 heterocycles. The summed E-state index contributed by atoms with van der Waals surface area (Å²) >= 11 is 6.15. The molecule has 0 bridgehead atoms. The van der Waals surface area contributed by atoms with Crippen LogP contribution in [0.15, 0.2) is 42.2 Å². The van der Waals surface area contributed by atoms with Crippen LogP contribution in [0.1, 0.15) is 17.0 Å². The molecule has 1 aromatic heterocycles. The highest BCUT2D eigenvalue weighted by Gasteiger charge is 2.25. The summed E-state index contributed by atoms with van der Waals surface area (Å²) in [6.07, 6.45) is 11.5. The summed E-state index contributed by atoms with van der Waals surface area (Å²) in [7, 11) is 4.02. The molecule has 1 aromatic carbocycles. The average molecular weight is 324 g/mol. The first-order chi connectivity index (χ1) is 11.1. The maximum Gasteiger partial charge on any atom is 0.0466 e. The molecule has 1 atom stereocenters. The van der Waals surface area contributed by atoms with E-state index < -0.39 is 0 Å². The van der Waals surface area contributed by atoms with Crippen LogP contribution in [0.3, 0.4) is 0 Å². The van der Waals surface area contributed by atoms with Gasteiger partial charge in [-0.05, 0) is 35.9 Å². The molecule has 0 saturated heterocycles. The molecule has 0 fully saturated rings. The predicted octanol–water partition coefficient (Wildman–Crippen LogP) is 4.03. The van der Waals surface area contributed by atoms with Crippen LogP contribution in [0.2, 0.25) is 5.02 Å². The van der Waals surface area contributed by atoms with E-state index in [2.05, 4.69) is 21.1 Å². The van der Waals surface area contributed by atoms with Crippen LogP contribution in [0.4, 0.5) is 11.4 Å². The number of hydrogen-bond donors (Lipinski definition) is 1. The van der Waals surface area contributed by atoms with Gasteiger partial charge < -0.3 is 10.2 Å². The molecule has 1 N–H and O–H groups in total. The number of benzene rings is 1. The number of hydrogen-bond acceptors (Lipinski definition) is 3. The van der Waals surface area contributed by atoms with E-state index in [1.807, 2.05) is 50.6 Å². The van der Waals surface area contributed by atoms with E-state index in [4.69, 9.17) is 18.0 Å². The molecular formula is C19H18ClN3. The number of anilines is 2. The van der Waals surface area contributed by atoms with Gasteiger partial charge >= 0.3 is 0 Å². The third kappa shape index (κ3) is 3.04. The monoisotopic (exact) mass is 323 g/mol. The molecule has 0 aliphatic carbocycles. The Kier molecular flexibility index (Phi) is 4.27. The van der Waals surface area contributed by atoms with Crippen LogP contribution in [-0.2, 0) is 0 Å². The van der Waals surface area contributed by atoms with Gasteiger partial charge in [-0.2, -0.15) is 0 Å². The highest BCUT2D eigenvalue weighted by Crippen LogP contribution is 2.38. The third-order valence-electron chi connectivity index (χ3n) is 4.05. The zero-order valence-electron chi connectivity index (χ0n) is 13.2. The van der Waals surface area contributed by atoms with E-state index in [0.29, 0.717) is 0 Å². The van der Waals surface area contributed by atoms with Crippen molar-refractivity contribution in [1.29, 1.82) is 0 Å². The summed E-state index contributed by atoms with van der Waals surface area (Å²) in [4.78, 5) is 6.28. The number of fused-ring (bicyclic) bond motifs is 1. The lowest BCUT2D eigenvalue weighted by atomic mass is 9.92. The van der Waals surface area contributed by atoms with Crippen molar-refractivity contribution in [3.05, 3.63) is 58.4 Å². The Hall–Kier alpha value is -2.44. The second-order valence-electron chi connectivity index (χ2n) is 5.74. The minimum absolute atomic E-state index is 0.129. The average Bonchev–Trinajstić information content (AvgIpc) is 2.95. The number of terminal acetylenes is 1. The summed E-state index contributed by atoms with van der Waals surface area (Å²) in [5, 5.41) is 4.12. The van der Waals surface area contributed by atoms with Crippen molar-refractivity contribution in [3.8, 4) is 12.3 Å². The van der Waals surface area contributed by atoms with Gasteiger partial charge in [0.2, 0.25) is 0 Å². The van der Waals surface area contributed by atoms with Crippen molar-refractivity contribution in [3.63, 3.8) is 0 Å². The molecule has 0 amide bonds. The Labute approximate surface area is 142 Å². The van der Waals surface area contributed by atoms with Gasteiger partial charge in [-0.1, -0.05) is 17.5 Å². The van der Waals surface area contributed by atoms with Gasteiger partial charge in [-0.25, -0.2) is 0 Å². The number of nitrogens with zero attached hydrogens (tertiary/aromatic N) is 2. The highest BCUT2D eigenvalue weighted by atomic mass is 35.5. The van der Waals surface area contributed by atoms with Crippen LogP contribution in [0.25, 0.3) is 6.08 Å². The van der Waals surface area contributed by atoms with Crippen LogP contribution in [-0.4, -0.2) is 25.6 Å². The lowest BCUT2D eigenvalue weighted by Crippen LogP contribution is -2.11. The molecule has 4 heteroatoms. The zero-order chi connectivity index (χ0) is 16.4. The fourth-order valence-corrected chi connectivity index (χ4v) is 3.09. The molecule has 2 aromatic rings. The summed E-state index contributed by atoms with van der Waals surface area (Å²) in [5.74, 6) is 2.98. The predicted molar refractivity (Wildman–Crippen MR) is 98.1 cm³/mol. The molecule has 0 radical (unpaired) electrons. The van der Waals surface area contributed by atoms with Crippen LogP contribution in [0.5, 0.6) is 0 Å². The van der Waals surface area contributed by atoms with Gasteiger partial charge in [0.1, 0.15) is 0 Å². The molecule has 1 aliphatic rings. The number of aromatic nitrogens is 1. The van der Waals surface area contributed by atoms with E-state index in [1.54, 1.807) is 6.20 Å². The Morgan fingerprint density at radius 2 is 2.26 bits per heavy atom. The largest absolute Gasteiger partial charge is 0.384 e. The SMILES string of the molecule is C#C/C(=C\c1cnccc1N(C)C)C1CNc2ccc(Cl)cc21. The van der Waals surface area contributed by atoms with E-state index in [9.17, 15) is 0 Å². The minimum Gasteiger partial charge on any atom is -0.384 e. The maximum atomic E-state index is 6.15. The maximum absolute atomic E-state index is 6.15. The zero-order valence-corrected chi connectivity index (χ0v) is 13.9. The molecular weight excluding hydrogens is 306 g/mol. The van der Waals surface area contributed by atoms with Gasteiger partial charge in [-0.3, -0.25) is 4.98 Å². The Bertz CT molecular complexity index is 803. The van der Waals surface area contributed by atoms with Crippen LogP contribution >= 0.6 is 11.6 Å². The third-order valence-corrected chi connectivity index (χ3v) is 4.28. The molecule has 23 heavy (non-hydrogen) atoms. The fraction of sp³-hybridized carbons (Fsp3) is 0.211. The van der Waals surface area contributed by atoms with E-state index >= 15 is 0 Å². The Balaban J connectivity index is 2.03. The summed E-state index contributed by atoms with van der Waals surface area (Å²) in [5.41, 5.74) is 5.28. The van der Waals surface area contributed by atoms with E-state index in [0.717, 1.165) is 39.6 Å². The smallest absolute Gasteiger partial charge is 0.0466 e. The molecule has 1 unspecified atom stereocenters. The minimum atomic E-state index is 0.129. The normalized spacial score (nSPS) is 16.4. The standard InChI is InChI=1S/C19H18ClN3/c1-4-13(9-14-11-21-8-7-19(14)23(2)3)17-12-22-18-6-5-15(20)10-16(17)18/h1,5-11,17,22H,12H2,2-3H3/b13-9+. The van der Waals surface area contributed by atoms with Crippen molar-refractivity contribution in [2.75, 3.05) is 30.9 Å². The number of rotatable bonds is 3. The van der Waals surface area contributed by atoms with Crippen molar-refractivity contribution < 1.29 is 0 Å². The summed E-state index contributed by atoms with van der Waals surface area (Å²) < 4.78 is 0. The highest BCUT2D eigenvalue weighted by molar-refractivity contribution is 6.30. The van der Waals surface area contributed by atoms with Gasteiger partial charge in [-0.15, -0.1) is 6.42 Å². The molecule has 0 spiro atoms. The topological polar surface area (TPSA) is 28.2 Å². The summed E-state index contributed by atoms with van der Waals surface area (Å²) in [6.45, 7) is 0.781. The van der Waals surface area contributed by atoms with Crippen LogP contribution in [0, 0.1) is 12.3 Å². The first kappa shape index (κ1) is 15.5. The molecule has 0 saturated carbocycles. The Morgan fingerprint density at radius 1 is 1.43 bits per heavy atom. The lowest BCUT2D eigenvalue weighted by Gasteiger charge is -2.16. The van der Waals surface area contributed by atoms with Crippen LogP contribution < -0.4 is 10.2 Å². The van der Waals surface area contributed by atoms with Gasteiger partial charge in [0.25, 0.3) is 0 Å². The van der Waals surface area contributed by atoms with Gasteiger partial charge in [0.05, 0.1) is 0 Å². The van der Waals surface area contributed by atoms with Gasteiger partial charge in [0.15, 0.2) is 0 Å². The summed E-state index contributed by atoms with van der Waals surface area (Å²) in [6, 6.07) is 7.86. The van der Waals surface area contributed by atoms with Crippen molar-refractivity contribution >= 4 is 29.1 Å². The molecule has 116 valence electrons. The van der Waals surface area contributed by atoms with E-state index in [-0.39, 0.29) is 5.92 Å². The van der Waals surface area contributed by atoms with Crippen molar-refractivity contribution in [2.24, 2.45) is 0 Å². The number of pyridine rings is 1. The van der Waals surface area contributed by atoms with E-state index in [1.165, 1.54) is 0 Å². The fourth-order valence-electron chi connectivity index (χ4n) is 2.91. The second kappa shape index (κ2) is 6.36. The number of nitrogens with one attached hydrogen (secondary N) is 1. The first-order valence-corrected chi connectivity index (χ1v) is 7.81. The van der Waals surface area contributed by atoms with Crippen molar-refractivity contribution in [2.45, 2.75) is 5.92 Å². The van der Waals surface area contributed by atoms with Gasteiger partial charge in [0, 0.05) is 66.5 Å². The molecule has 1 aliphatic heterocycles.